The monoisotopic (exact) mass is 326 g/mol. The third-order valence-corrected chi connectivity index (χ3v) is 5.83. The van der Waals surface area contributed by atoms with Crippen LogP contribution in [-0.2, 0) is 4.79 Å². The van der Waals surface area contributed by atoms with Crippen molar-refractivity contribution in [3.63, 3.8) is 0 Å². The molecule has 0 aromatic heterocycles. The molecule has 21 heavy (non-hydrogen) atoms. The number of aliphatic carboxylic acids is 1. The molecule has 114 valence electrons. The summed E-state index contributed by atoms with van der Waals surface area (Å²) in [4.78, 5) is 14.2. The van der Waals surface area contributed by atoms with Crippen molar-refractivity contribution in [2.24, 2.45) is 5.92 Å². The van der Waals surface area contributed by atoms with Crippen molar-refractivity contribution in [3.8, 4) is 0 Å². The molecule has 0 saturated carbocycles. The molecule has 3 rings (SSSR count). The van der Waals surface area contributed by atoms with Gasteiger partial charge in [0.15, 0.2) is 0 Å². The molecule has 1 aromatic carbocycles. The van der Waals surface area contributed by atoms with Crippen LogP contribution in [0.2, 0.25) is 10.0 Å². The molecule has 0 amide bonds. The Morgan fingerprint density at radius 1 is 1.24 bits per heavy atom. The first-order valence-corrected chi connectivity index (χ1v) is 8.11. The third kappa shape index (κ3) is 2.67. The lowest BCUT2D eigenvalue weighted by atomic mass is 9.77. The first-order valence-electron chi connectivity index (χ1n) is 7.35. The molecule has 5 heteroatoms. The van der Waals surface area contributed by atoms with Crippen molar-refractivity contribution in [2.45, 2.75) is 43.7 Å². The first-order chi connectivity index (χ1) is 9.99. The quantitative estimate of drug-likeness (QED) is 0.857. The minimum Gasteiger partial charge on any atom is -0.549 e. The summed E-state index contributed by atoms with van der Waals surface area (Å²) in [6.07, 6.45) is 4.03. The molecule has 2 heterocycles. The van der Waals surface area contributed by atoms with E-state index < -0.39 is 11.9 Å². The van der Waals surface area contributed by atoms with Gasteiger partial charge in [0.25, 0.3) is 0 Å². The van der Waals surface area contributed by atoms with E-state index in [4.69, 9.17) is 23.2 Å². The van der Waals surface area contributed by atoms with Gasteiger partial charge in [-0.2, -0.15) is 0 Å². The second-order valence-corrected chi connectivity index (χ2v) is 7.03. The highest BCUT2D eigenvalue weighted by Gasteiger charge is 2.42. The number of fused-ring (bicyclic) bond motifs is 2. The number of carboxylic acid groups (broad SMARTS) is 1. The van der Waals surface area contributed by atoms with Crippen LogP contribution in [0, 0.1) is 5.92 Å². The number of rotatable bonds is 3. The van der Waals surface area contributed by atoms with Crippen molar-refractivity contribution in [3.05, 3.63) is 33.8 Å². The summed E-state index contributed by atoms with van der Waals surface area (Å²) in [7, 11) is 2.13. The highest BCUT2D eigenvalue weighted by Crippen LogP contribution is 2.45. The second kappa shape index (κ2) is 5.79. The molecule has 2 saturated heterocycles. The zero-order valence-corrected chi connectivity index (χ0v) is 13.4. The van der Waals surface area contributed by atoms with Crippen LogP contribution >= 0.6 is 23.2 Å². The minimum atomic E-state index is -1.07. The van der Waals surface area contributed by atoms with E-state index in [1.165, 1.54) is 0 Å². The number of carboxylic acids is 1. The normalized spacial score (nSPS) is 30.3. The van der Waals surface area contributed by atoms with Crippen LogP contribution in [-0.4, -0.2) is 30.0 Å². The highest BCUT2D eigenvalue weighted by atomic mass is 35.5. The van der Waals surface area contributed by atoms with Crippen molar-refractivity contribution < 1.29 is 9.90 Å². The van der Waals surface area contributed by atoms with Crippen LogP contribution in [0.5, 0.6) is 0 Å². The molecule has 3 nitrogen and oxygen atoms in total. The lowest BCUT2D eigenvalue weighted by Crippen LogP contribution is -2.45. The van der Waals surface area contributed by atoms with Gasteiger partial charge in [-0.1, -0.05) is 29.3 Å². The van der Waals surface area contributed by atoms with Gasteiger partial charge in [0.1, 0.15) is 0 Å². The fourth-order valence-electron chi connectivity index (χ4n) is 4.08. The van der Waals surface area contributed by atoms with Gasteiger partial charge >= 0.3 is 0 Å². The number of piperidine rings is 1. The lowest BCUT2D eigenvalue weighted by Gasteiger charge is -2.40. The highest BCUT2D eigenvalue weighted by molar-refractivity contribution is 6.36. The molecule has 2 aliphatic heterocycles. The topological polar surface area (TPSA) is 43.4 Å². The van der Waals surface area contributed by atoms with Gasteiger partial charge < -0.3 is 14.8 Å². The van der Waals surface area contributed by atoms with Crippen molar-refractivity contribution in [1.82, 2.24) is 4.90 Å². The van der Waals surface area contributed by atoms with Gasteiger partial charge in [-0.3, -0.25) is 0 Å². The summed E-state index contributed by atoms with van der Waals surface area (Å²) >= 11 is 12.4. The van der Waals surface area contributed by atoms with E-state index in [2.05, 4.69) is 11.9 Å². The van der Waals surface area contributed by atoms with Crippen molar-refractivity contribution >= 4 is 29.2 Å². The molecule has 0 spiro atoms. The summed E-state index contributed by atoms with van der Waals surface area (Å²) in [5.74, 6) is -1.75. The van der Waals surface area contributed by atoms with Gasteiger partial charge in [-0.05, 0) is 56.3 Å². The molecule has 2 bridgehead atoms. The minimum absolute atomic E-state index is 0.0427. The molecular formula is C16H18Cl2NO2-. The molecule has 3 unspecified atom stereocenters. The Bertz CT molecular complexity index is 529. The third-order valence-electron chi connectivity index (χ3n) is 5.17. The molecule has 0 aliphatic carbocycles. The zero-order chi connectivity index (χ0) is 15.1. The Labute approximate surface area is 134 Å². The summed E-state index contributed by atoms with van der Waals surface area (Å²) in [6, 6.07) is 6.07. The number of hydrogen-bond donors (Lipinski definition) is 0. The Kier molecular flexibility index (Phi) is 4.17. The van der Waals surface area contributed by atoms with Crippen molar-refractivity contribution in [1.29, 1.82) is 0 Å². The number of benzene rings is 1. The number of hydrogen-bond acceptors (Lipinski definition) is 3. The Morgan fingerprint density at radius 3 is 2.24 bits per heavy atom. The Morgan fingerprint density at radius 2 is 1.76 bits per heavy atom. The lowest BCUT2D eigenvalue weighted by molar-refractivity contribution is -0.309. The maximum Gasteiger partial charge on any atom is 0.0493 e. The Hall–Kier alpha value is -0.770. The van der Waals surface area contributed by atoms with Gasteiger partial charge in [-0.15, -0.1) is 0 Å². The first kappa shape index (κ1) is 15.1. The van der Waals surface area contributed by atoms with Crippen LogP contribution in [0.1, 0.15) is 37.2 Å². The molecule has 2 aliphatic rings. The maximum atomic E-state index is 11.8. The molecule has 1 aromatic rings. The van der Waals surface area contributed by atoms with E-state index in [0.717, 1.165) is 25.7 Å². The molecule has 0 radical (unpaired) electrons. The SMILES string of the molecule is CN1C2CCC1CC(C(C(=O)[O-])c1c(Cl)cccc1Cl)C2. The predicted octanol–water partition coefficient (Wildman–Crippen LogP) is 2.70. The Balaban J connectivity index is 1.95. The van der Waals surface area contributed by atoms with Crippen LogP contribution in [0.15, 0.2) is 18.2 Å². The molecule has 3 atom stereocenters. The van der Waals surface area contributed by atoms with Crippen molar-refractivity contribution in [2.75, 3.05) is 7.05 Å². The molecule has 2 fully saturated rings. The van der Waals surface area contributed by atoms with Gasteiger partial charge in [0.2, 0.25) is 0 Å². The van der Waals surface area contributed by atoms with E-state index in [-0.39, 0.29) is 5.92 Å². The van der Waals surface area contributed by atoms with E-state index in [1.807, 2.05) is 0 Å². The van der Waals surface area contributed by atoms with Crippen LogP contribution in [0.3, 0.4) is 0 Å². The van der Waals surface area contributed by atoms with E-state index in [1.54, 1.807) is 18.2 Å². The van der Waals surface area contributed by atoms with Crippen LogP contribution < -0.4 is 5.11 Å². The van der Waals surface area contributed by atoms with Gasteiger partial charge in [-0.25, -0.2) is 0 Å². The van der Waals surface area contributed by atoms with E-state index in [0.29, 0.717) is 27.7 Å². The second-order valence-electron chi connectivity index (χ2n) is 6.21. The van der Waals surface area contributed by atoms with Crippen LogP contribution in [0.25, 0.3) is 0 Å². The fraction of sp³-hybridized carbons (Fsp3) is 0.562. The van der Waals surface area contributed by atoms with Crippen LogP contribution in [0.4, 0.5) is 0 Å². The van der Waals surface area contributed by atoms with E-state index in [9.17, 15) is 9.90 Å². The summed E-state index contributed by atoms with van der Waals surface area (Å²) in [5, 5.41) is 12.6. The number of carbonyl (C=O) groups is 1. The molecule has 0 N–H and O–H groups in total. The maximum absolute atomic E-state index is 11.8. The number of nitrogens with zero attached hydrogens (tertiary/aromatic N) is 1. The molecular weight excluding hydrogens is 309 g/mol. The van der Waals surface area contributed by atoms with Gasteiger partial charge in [0.05, 0.1) is 0 Å². The smallest absolute Gasteiger partial charge is 0.0493 e. The fourth-order valence-corrected chi connectivity index (χ4v) is 4.71. The number of carbonyl (C=O) groups excluding carboxylic acids is 1. The number of halogens is 2. The summed E-state index contributed by atoms with van der Waals surface area (Å²) in [5.41, 5.74) is 0.523. The van der Waals surface area contributed by atoms with Gasteiger partial charge in [0, 0.05) is 34.0 Å². The average Bonchev–Trinajstić information content (AvgIpc) is 2.64. The summed E-state index contributed by atoms with van der Waals surface area (Å²) < 4.78 is 0. The van der Waals surface area contributed by atoms with E-state index >= 15 is 0 Å². The standard InChI is InChI=1S/C16H19Cl2NO2/c1-19-10-5-6-11(19)8-9(7-10)14(16(20)21)15-12(17)3-2-4-13(15)18/h2-4,9-11,14H,5-8H2,1H3,(H,20,21)/p-1. The predicted molar refractivity (Wildman–Crippen MR) is 81.5 cm³/mol. The average molecular weight is 327 g/mol. The summed E-state index contributed by atoms with van der Waals surface area (Å²) in [6.45, 7) is 0. The largest absolute Gasteiger partial charge is 0.549 e. The zero-order valence-electron chi connectivity index (χ0n) is 11.9.